The zero-order valence-electron chi connectivity index (χ0n) is 10.8. The van der Waals surface area contributed by atoms with Gasteiger partial charge in [-0.1, -0.05) is 19.3 Å². The van der Waals surface area contributed by atoms with Crippen LogP contribution in [0, 0.1) is 17.8 Å². The van der Waals surface area contributed by atoms with Crippen molar-refractivity contribution in [2.24, 2.45) is 17.8 Å². The molecule has 98 valence electrons. The molecule has 3 aliphatic carbocycles. The van der Waals surface area contributed by atoms with Crippen molar-refractivity contribution in [2.75, 3.05) is 5.75 Å². The van der Waals surface area contributed by atoms with Crippen LogP contribution in [-0.2, 0) is 0 Å². The molecule has 0 amide bonds. The highest BCUT2D eigenvalue weighted by molar-refractivity contribution is 7.99. The summed E-state index contributed by atoms with van der Waals surface area (Å²) in [6, 6.07) is 0. The summed E-state index contributed by atoms with van der Waals surface area (Å²) in [5.41, 5.74) is 0. The summed E-state index contributed by atoms with van der Waals surface area (Å²) in [4.78, 5) is 0. The number of rotatable bonds is 5. The summed E-state index contributed by atoms with van der Waals surface area (Å²) >= 11 is 2.05. The smallest absolute Gasteiger partial charge is 0.0633 e. The van der Waals surface area contributed by atoms with Gasteiger partial charge in [0.15, 0.2) is 0 Å². The quantitative estimate of drug-likeness (QED) is 0.804. The van der Waals surface area contributed by atoms with E-state index in [9.17, 15) is 5.11 Å². The van der Waals surface area contributed by atoms with Crippen LogP contribution in [-0.4, -0.2) is 22.2 Å². The lowest BCUT2D eigenvalue weighted by Crippen LogP contribution is -2.21. The lowest BCUT2D eigenvalue weighted by molar-refractivity contribution is 0.144. The number of thioether (sulfide) groups is 1. The van der Waals surface area contributed by atoms with Crippen LogP contribution in [0.15, 0.2) is 0 Å². The van der Waals surface area contributed by atoms with Crippen LogP contribution >= 0.6 is 11.8 Å². The van der Waals surface area contributed by atoms with Gasteiger partial charge in [0.1, 0.15) is 0 Å². The van der Waals surface area contributed by atoms with Gasteiger partial charge in [-0.05, 0) is 56.3 Å². The molecule has 1 nitrogen and oxygen atoms in total. The zero-order chi connectivity index (χ0) is 11.7. The molecule has 0 heterocycles. The monoisotopic (exact) mass is 254 g/mol. The second-order valence-electron chi connectivity index (χ2n) is 6.56. The standard InChI is InChI=1S/C15H26OS/c16-14(10-17-15-3-1-2-4-15)9-13-8-11-5-6-12(13)7-11/h11-16H,1-10H2. The number of hydrogen-bond acceptors (Lipinski definition) is 2. The van der Waals surface area contributed by atoms with Crippen molar-refractivity contribution in [3.63, 3.8) is 0 Å². The van der Waals surface area contributed by atoms with E-state index in [0.29, 0.717) is 0 Å². The van der Waals surface area contributed by atoms with E-state index >= 15 is 0 Å². The Hall–Kier alpha value is 0.310. The van der Waals surface area contributed by atoms with E-state index in [1.807, 2.05) is 11.8 Å². The molecule has 0 saturated heterocycles. The van der Waals surface area contributed by atoms with Crippen molar-refractivity contribution >= 4 is 11.8 Å². The molecule has 2 bridgehead atoms. The van der Waals surface area contributed by atoms with E-state index < -0.39 is 0 Å². The van der Waals surface area contributed by atoms with E-state index in [2.05, 4.69) is 0 Å². The molecule has 4 unspecified atom stereocenters. The van der Waals surface area contributed by atoms with Crippen molar-refractivity contribution in [3.05, 3.63) is 0 Å². The molecule has 3 aliphatic rings. The Morgan fingerprint density at radius 1 is 1.06 bits per heavy atom. The van der Waals surface area contributed by atoms with Crippen LogP contribution in [0.4, 0.5) is 0 Å². The maximum Gasteiger partial charge on any atom is 0.0633 e. The van der Waals surface area contributed by atoms with Crippen molar-refractivity contribution < 1.29 is 5.11 Å². The first-order valence-corrected chi connectivity index (χ1v) is 8.66. The summed E-state index contributed by atoms with van der Waals surface area (Å²) in [6.07, 6.45) is 12.5. The number of aliphatic hydroxyl groups is 1. The fourth-order valence-electron chi connectivity index (χ4n) is 4.38. The molecule has 0 aromatic carbocycles. The van der Waals surface area contributed by atoms with Gasteiger partial charge in [0.05, 0.1) is 6.10 Å². The largest absolute Gasteiger partial charge is 0.392 e. The van der Waals surface area contributed by atoms with Gasteiger partial charge in [0, 0.05) is 11.0 Å². The lowest BCUT2D eigenvalue weighted by Gasteiger charge is -2.24. The normalized spacial score (nSPS) is 39.0. The Kier molecular flexibility index (Phi) is 4.01. The Bertz CT molecular complexity index is 249. The van der Waals surface area contributed by atoms with Gasteiger partial charge < -0.3 is 5.11 Å². The van der Waals surface area contributed by atoms with Crippen LogP contribution in [0.1, 0.15) is 57.8 Å². The van der Waals surface area contributed by atoms with Crippen molar-refractivity contribution in [1.82, 2.24) is 0 Å². The molecule has 1 N–H and O–H groups in total. The van der Waals surface area contributed by atoms with Gasteiger partial charge in [-0.25, -0.2) is 0 Å². The summed E-state index contributed by atoms with van der Waals surface area (Å²) in [5.74, 6) is 3.87. The predicted molar refractivity (Wildman–Crippen MR) is 74.3 cm³/mol. The van der Waals surface area contributed by atoms with Crippen LogP contribution in [0.25, 0.3) is 0 Å². The van der Waals surface area contributed by atoms with Gasteiger partial charge in [0.2, 0.25) is 0 Å². The maximum atomic E-state index is 10.2. The molecule has 3 fully saturated rings. The third-order valence-electron chi connectivity index (χ3n) is 5.29. The molecule has 0 aromatic rings. The fourth-order valence-corrected chi connectivity index (χ4v) is 5.68. The molecule has 0 spiro atoms. The topological polar surface area (TPSA) is 20.2 Å². The lowest BCUT2D eigenvalue weighted by atomic mass is 9.85. The Labute approximate surface area is 110 Å². The van der Waals surface area contributed by atoms with E-state index in [-0.39, 0.29) is 6.10 Å². The number of aliphatic hydroxyl groups excluding tert-OH is 1. The predicted octanol–water partition coefficient (Wildman–Crippen LogP) is 3.85. The van der Waals surface area contributed by atoms with Gasteiger partial charge >= 0.3 is 0 Å². The molecule has 17 heavy (non-hydrogen) atoms. The van der Waals surface area contributed by atoms with E-state index in [4.69, 9.17) is 0 Å². The highest BCUT2D eigenvalue weighted by atomic mass is 32.2. The summed E-state index contributed by atoms with van der Waals surface area (Å²) in [7, 11) is 0. The Balaban J connectivity index is 1.36. The first kappa shape index (κ1) is 12.3. The van der Waals surface area contributed by atoms with Crippen molar-refractivity contribution in [1.29, 1.82) is 0 Å². The SMILES string of the molecule is OC(CSC1CCCC1)CC1CC2CCC1C2. The Morgan fingerprint density at radius 2 is 1.88 bits per heavy atom. The van der Waals surface area contributed by atoms with E-state index in [0.717, 1.165) is 35.2 Å². The molecule has 3 rings (SSSR count). The van der Waals surface area contributed by atoms with Gasteiger partial charge in [-0.2, -0.15) is 11.8 Å². The molecular formula is C15H26OS. The highest BCUT2D eigenvalue weighted by Crippen LogP contribution is 2.50. The maximum absolute atomic E-state index is 10.2. The minimum Gasteiger partial charge on any atom is -0.392 e. The van der Waals surface area contributed by atoms with Crippen LogP contribution in [0.3, 0.4) is 0 Å². The second-order valence-corrected chi connectivity index (χ2v) is 7.90. The van der Waals surface area contributed by atoms with Crippen LogP contribution in [0.2, 0.25) is 0 Å². The average Bonchev–Trinajstić information content (AvgIpc) is 3.03. The summed E-state index contributed by atoms with van der Waals surface area (Å²) in [5, 5.41) is 11.0. The molecule has 0 radical (unpaired) electrons. The minimum absolute atomic E-state index is 0.0232. The first-order chi connectivity index (χ1) is 8.31. The number of fused-ring (bicyclic) bond motifs is 2. The fraction of sp³-hybridized carbons (Fsp3) is 1.00. The van der Waals surface area contributed by atoms with Crippen LogP contribution in [0.5, 0.6) is 0 Å². The summed E-state index contributed by atoms with van der Waals surface area (Å²) < 4.78 is 0. The average molecular weight is 254 g/mol. The van der Waals surface area contributed by atoms with Crippen molar-refractivity contribution in [3.8, 4) is 0 Å². The minimum atomic E-state index is -0.0232. The van der Waals surface area contributed by atoms with Crippen LogP contribution < -0.4 is 0 Å². The third-order valence-corrected chi connectivity index (χ3v) is 6.81. The van der Waals surface area contributed by atoms with Gasteiger partial charge in [-0.3, -0.25) is 0 Å². The zero-order valence-corrected chi connectivity index (χ0v) is 11.6. The molecule has 4 atom stereocenters. The number of hydrogen-bond donors (Lipinski definition) is 1. The van der Waals surface area contributed by atoms with Gasteiger partial charge in [0.25, 0.3) is 0 Å². The molecule has 0 aliphatic heterocycles. The van der Waals surface area contributed by atoms with Crippen molar-refractivity contribution in [2.45, 2.75) is 69.1 Å². The molecule has 0 aromatic heterocycles. The molecule has 3 saturated carbocycles. The highest BCUT2D eigenvalue weighted by Gasteiger charge is 2.39. The second kappa shape index (κ2) is 5.52. The Morgan fingerprint density at radius 3 is 2.53 bits per heavy atom. The third kappa shape index (κ3) is 3.01. The van der Waals surface area contributed by atoms with E-state index in [1.165, 1.54) is 51.4 Å². The summed E-state index contributed by atoms with van der Waals surface area (Å²) in [6.45, 7) is 0. The van der Waals surface area contributed by atoms with Gasteiger partial charge in [-0.15, -0.1) is 0 Å². The molecular weight excluding hydrogens is 228 g/mol. The molecule has 2 heteroatoms. The van der Waals surface area contributed by atoms with E-state index in [1.54, 1.807) is 0 Å². The first-order valence-electron chi connectivity index (χ1n) is 7.61.